The summed E-state index contributed by atoms with van der Waals surface area (Å²) in [4.78, 5) is 0. The van der Waals surface area contributed by atoms with Crippen LogP contribution in [0.25, 0.3) is 0 Å². The van der Waals surface area contributed by atoms with Crippen LogP contribution in [-0.2, 0) is 6.54 Å². The molecule has 1 aromatic rings. The largest absolute Gasteiger partial charge is 0.394 e. The zero-order valence-corrected chi connectivity index (χ0v) is 12.1. The van der Waals surface area contributed by atoms with Crippen LogP contribution in [0, 0.1) is 6.92 Å². The Morgan fingerprint density at radius 3 is 2.67 bits per heavy atom. The van der Waals surface area contributed by atoms with Crippen LogP contribution in [0.5, 0.6) is 0 Å². The lowest BCUT2D eigenvalue weighted by atomic mass is 9.95. The Bertz CT molecular complexity index is 349. The zero-order chi connectivity index (χ0) is 13.6. The number of aliphatic hydroxyl groups is 1. The minimum absolute atomic E-state index is 0.159. The number of aryl methyl sites for hydroxylation is 2. The zero-order valence-electron chi connectivity index (χ0n) is 12.1. The van der Waals surface area contributed by atoms with Crippen LogP contribution in [-0.4, -0.2) is 33.1 Å². The third-order valence-electron chi connectivity index (χ3n) is 3.11. The van der Waals surface area contributed by atoms with E-state index in [0.29, 0.717) is 6.04 Å². The van der Waals surface area contributed by atoms with Crippen LogP contribution in [0.3, 0.4) is 0 Å². The summed E-state index contributed by atoms with van der Waals surface area (Å²) in [5.74, 6) is 0. The van der Waals surface area contributed by atoms with Crippen molar-refractivity contribution in [2.75, 3.05) is 6.61 Å². The first-order chi connectivity index (χ1) is 8.45. The molecule has 0 aromatic carbocycles. The summed E-state index contributed by atoms with van der Waals surface area (Å²) in [5.41, 5.74) is 1.05. The fourth-order valence-corrected chi connectivity index (χ4v) is 2.27. The molecule has 0 aliphatic carbocycles. The lowest BCUT2D eigenvalue weighted by molar-refractivity contribution is 0.153. The first-order valence-corrected chi connectivity index (χ1v) is 6.83. The second-order valence-electron chi connectivity index (χ2n) is 5.76. The van der Waals surface area contributed by atoms with E-state index in [-0.39, 0.29) is 12.1 Å². The summed E-state index contributed by atoms with van der Waals surface area (Å²) in [6, 6.07) is 0.399. The average Bonchev–Trinajstić information content (AvgIpc) is 2.70. The monoisotopic (exact) mass is 253 g/mol. The van der Waals surface area contributed by atoms with Gasteiger partial charge in [0.1, 0.15) is 0 Å². The van der Waals surface area contributed by atoms with Gasteiger partial charge in [0, 0.05) is 24.3 Å². The van der Waals surface area contributed by atoms with Gasteiger partial charge in [0.2, 0.25) is 0 Å². The molecule has 1 heterocycles. The summed E-state index contributed by atoms with van der Waals surface area (Å²) in [5, 5.41) is 17.2. The molecule has 1 rings (SSSR count). The fourth-order valence-electron chi connectivity index (χ4n) is 2.27. The molecule has 0 fully saturated rings. The van der Waals surface area contributed by atoms with Crippen LogP contribution in [0.4, 0.5) is 0 Å². The number of unbranched alkanes of at least 4 members (excludes halogenated alkanes) is 1. The summed E-state index contributed by atoms with van der Waals surface area (Å²) >= 11 is 0. The van der Waals surface area contributed by atoms with Gasteiger partial charge in [-0.05, 0) is 38.7 Å². The van der Waals surface area contributed by atoms with E-state index in [0.717, 1.165) is 25.8 Å². The highest BCUT2D eigenvalue weighted by Gasteiger charge is 2.22. The maximum absolute atomic E-state index is 9.47. The van der Waals surface area contributed by atoms with Crippen LogP contribution < -0.4 is 5.32 Å². The van der Waals surface area contributed by atoms with Gasteiger partial charge < -0.3 is 10.4 Å². The van der Waals surface area contributed by atoms with Crippen LogP contribution in [0.1, 0.15) is 45.6 Å². The normalized spacial score (nSPS) is 15.0. The summed E-state index contributed by atoms with van der Waals surface area (Å²) in [6.07, 6.45) is 7.13. The van der Waals surface area contributed by atoms with E-state index in [1.807, 2.05) is 10.9 Å². The quantitative estimate of drug-likeness (QED) is 0.698. The molecule has 0 bridgehead atoms. The molecule has 18 heavy (non-hydrogen) atoms. The van der Waals surface area contributed by atoms with E-state index in [9.17, 15) is 5.11 Å². The van der Waals surface area contributed by atoms with Crippen molar-refractivity contribution in [3.63, 3.8) is 0 Å². The van der Waals surface area contributed by atoms with Crippen molar-refractivity contribution in [1.82, 2.24) is 15.1 Å². The second-order valence-corrected chi connectivity index (χ2v) is 5.76. The van der Waals surface area contributed by atoms with Crippen LogP contribution in [0.2, 0.25) is 0 Å². The number of nitrogens with zero attached hydrogens (tertiary/aromatic N) is 2. The summed E-state index contributed by atoms with van der Waals surface area (Å²) in [6.45, 7) is 9.51. The lowest BCUT2D eigenvalue weighted by Gasteiger charge is -2.31. The smallest absolute Gasteiger partial charge is 0.0610 e. The minimum atomic E-state index is -0.159. The molecular formula is C14H27N3O. The van der Waals surface area contributed by atoms with E-state index >= 15 is 0 Å². The van der Waals surface area contributed by atoms with Crippen molar-refractivity contribution in [3.8, 4) is 0 Å². The van der Waals surface area contributed by atoms with Gasteiger partial charge in [0.05, 0.1) is 12.8 Å². The average molecular weight is 253 g/mol. The Morgan fingerprint density at radius 1 is 1.44 bits per heavy atom. The number of aromatic nitrogens is 2. The van der Waals surface area contributed by atoms with Gasteiger partial charge in [0.15, 0.2) is 0 Å². The fraction of sp³-hybridized carbons (Fsp3) is 0.786. The second kappa shape index (κ2) is 6.90. The molecule has 1 unspecified atom stereocenters. The Kier molecular flexibility index (Phi) is 5.82. The van der Waals surface area contributed by atoms with Gasteiger partial charge in [-0.25, -0.2) is 0 Å². The van der Waals surface area contributed by atoms with Gasteiger partial charge in [-0.2, -0.15) is 5.10 Å². The molecule has 0 saturated carbocycles. The molecule has 0 spiro atoms. The molecule has 1 atom stereocenters. The summed E-state index contributed by atoms with van der Waals surface area (Å²) < 4.78 is 1.99. The lowest BCUT2D eigenvalue weighted by Crippen LogP contribution is -2.49. The van der Waals surface area contributed by atoms with Crippen molar-refractivity contribution in [1.29, 1.82) is 0 Å². The molecule has 0 amide bonds. The van der Waals surface area contributed by atoms with E-state index < -0.39 is 0 Å². The van der Waals surface area contributed by atoms with Crippen molar-refractivity contribution in [2.45, 2.75) is 65.1 Å². The standard InChI is InChI=1S/C14H27N3O/c1-12(2)16-14(4,11-18)7-5-6-8-17-10-13(3)9-15-17/h9-10,12,16,18H,5-8,11H2,1-4H3. The van der Waals surface area contributed by atoms with E-state index in [2.05, 4.69) is 44.3 Å². The number of hydrogen-bond acceptors (Lipinski definition) is 3. The first-order valence-electron chi connectivity index (χ1n) is 6.83. The molecule has 0 radical (unpaired) electrons. The molecule has 0 aliphatic heterocycles. The highest BCUT2D eigenvalue weighted by atomic mass is 16.3. The minimum Gasteiger partial charge on any atom is -0.394 e. The maximum atomic E-state index is 9.47. The Balaban J connectivity index is 2.27. The van der Waals surface area contributed by atoms with E-state index in [1.54, 1.807) is 0 Å². The van der Waals surface area contributed by atoms with Crippen LogP contribution >= 0.6 is 0 Å². The SMILES string of the molecule is Cc1cnn(CCCCC(C)(CO)NC(C)C)c1. The number of nitrogens with one attached hydrogen (secondary N) is 1. The van der Waals surface area contributed by atoms with Gasteiger partial charge in [-0.1, -0.05) is 13.8 Å². The van der Waals surface area contributed by atoms with Crippen molar-refractivity contribution < 1.29 is 5.11 Å². The first kappa shape index (κ1) is 15.2. The van der Waals surface area contributed by atoms with Crippen molar-refractivity contribution in [3.05, 3.63) is 18.0 Å². The Hall–Kier alpha value is -0.870. The summed E-state index contributed by atoms with van der Waals surface area (Å²) in [7, 11) is 0. The predicted molar refractivity (Wildman–Crippen MR) is 74.6 cm³/mol. The molecule has 1 aromatic heterocycles. The third kappa shape index (κ3) is 5.19. The van der Waals surface area contributed by atoms with E-state index in [4.69, 9.17) is 0 Å². The topological polar surface area (TPSA) is 50.1 Å². The van der Waals surface area contributed by atoms with Crippen molar-refractivity contribution in [2.24, 2.45) is 0 Å². The number of rotatable bonds is 8. The van der Waals surface area contributed by atoms with Gasteiger partial charge >= 0.3 is 0 Å². The maximum Gasteiger partial charge on any atom is 0.0610 e. The molecular weight excluding hydrogens is 226 g/mol. The van der Waals surface area contributed by atoms with Gasteiger partial charge in [-0.15, -0.1) is 0 Å². The predicted octanol–water partition coefficient (Wildman–Crippen LogP) is 2.11. The molecule has 0 saturated heterocycles. The third-order valence-corrected chi connectivity index (χ3v) is 3.11. The van der Waals surface area contributed by atoms with Gasteiger partial charge in [-0.3, -0.25) is 4.68 Å². The van der Waals surface area contributed by atoms with E-state index in [1.165, 1.54) is 5.56 Å². The number of hydrogen-bond donors (Lipinski definition) is 2. The highest BCUT2D eigenvalue weighted by Crippen LogP contribution is 2.14. The van der Waals surface area contributed by atoms with Crippen LogP contribution in [0.15, 0.2) is 12.4 Å². The molecule has 2 N–H and O–H groups in total. The Labute approximate surface area is 110 Å². The molecule has 4 heteroatoms. The molecule has 4 nitrogen and oxygen atoms in total. The Morgan fingerprint density at radius 2 is 2.17 bits per heavy atom. The molecule has 0 aliphatic rings. The van der Waals surface area contributed by atoms with Crippen molar-refractivity contribution >= 4 is 0 Å². The van der Waals surface area contributed by atoms with Gasteiger partial charge in [0.25, 0.3) is 0 Å². The number of aliphatic hydroxyl groups excluding tert-OH is 1. The molecule has 104 valence electrons. The highest BCUT2D eigenvalue weighted by molar-refractivity contribution is 4.99.